The zero-order valence-corrected chi connectivity index (χ0v) is 12.2. The highest BCUT2D eigenvalue weighted by molar-refractivity contribution is 5.46. The Bertz CT molecular complexity index is 580. The van der Waals surface area contributed by atoms with Crippen molar-refractivity contribution in [2.75, 3.05) is 36.0 Å². The Morgan fingerprint density at radius 1 is 0.952 bits per heavy atom. The predicted molar refractivity (Wildman–Crippen MR) is 83.5 cm³/mol. The van der Waals surface area contributed by atoms with E-state index in [9.17, 15) is 5.11 Å². The molecular formula is C16H20N4O. The Labute approximate surface area is 124 Å². The van der Waals surface area contributed by atoms with Gasteiger partial charge in [-0.05, 0) is 36.8 Å². The van der Waals surface area contributed by atoms with E-state index in [2.05, 4.69) is 19.8 Å². The summed E-state index contributed by atoms with van der Waals surface area (Å²) < 4.78 is 0. The van der Waals surface area contributed by atoms with E-state index >= 15 is 0 Å². The van der Waals surface area contributed by atoms with E-state index in [0.717, 1.165) is 43.4 Å². The van der Waals surface area contributed by atoms with E-state index in [1.165, 1.54) is 0 Å². The molecule has 3 rings (SSSR count). The van der Waals surface area contributed by atoms with Crippen LogP contribution in [-0.2, 0) is 0 Å². The number of aliphatic hydroxyl groups excluding tert-OH is 1. The number of nitrogens with zero attached hydrogens (tertiary/aromatic N) is 4. The fourth-order valence-electron chi connectivity index (χ4n) is 2.57. The van der Waals surface area contributed by atoms with Crippen molar-refractivity contribution in [3.63, 3.8) is 0 Å². The summed E-state index contributed by atoms with van der Waals surface area (Å²) in [4.78, 5) is 13.4. The third-order valence-electron chi connectivity index (χ3n) is 3.83. The molecule has 2 aromatic heterocycles. The second-order valence-electron chi connectivity index (χ2n) is 5.29. The van der Waals surface area contributed by atoms with Crippen LogP contribution < -0.4 is 9.80 Å². The fraction of sp³-hybridized carbons (Fsp3) is 0.375. The Kier molecular flexibility index (Phi) is 4.01. The van der Waals surface area contributed by atoms with E-state index in [1.807, 2.05) is 36.5 Å². The molecule has 0 radical (unpaired) electrons. The third-order valence-corrected chi connectivity index (χ3v) is 3.83. The molecule has 0 aliphatic carbocycles. The second kappa shape index (κ2) is 6.10. The van der Waals surface area contributed by atoms with Gasteiger partial charge in [-0.15, -0.1) is 0 Å². The van der Waals surface area contributed by atoms with Crippen molar-refractivity contribution in [3.8, 4) is 0 Å². The lowest BCUT2D eigenvalue weighted by atomic mass is 10.1. The van der Waals surface area contributed by atoms with Crippen molar-refractivity contribution < 1.29 is 5.11 Å². The van der Waals surface area contributed by atoms with E-state index in [4.69, 9.17) is 0 Å². The average Bonchev–Trinajstić information content (AvgIpc) is 2.56. The minimum atomic E-state index is -0.457. The molecule has 0 amide bonds. The molecule has 0 aromatic carbocycles. The molecule has 0 spiro atoms. The lowest BCUT2D eigenvalue weighted by Gasteiger charge is -2.36. The summed E-state index contributed by atoms with van der Waals surface area (Å²) in [6.07, 6.45) is 3.14. The molecule has 5 heteroatoms. The molecule has 1 saturated heterocycles. The first kappa shape index (κ1) is 13.8. The molecule has 1 atom stereocenters. The molecule has 1 aliphatic heterocycles. The Morgan fingerprint density at radius 2 is 1.62 bits per heavy atom. The van der Waals surface area contributed by atoms with Gasteiger partial charge in [-0.2, -0.15) is 0 Å². The predicted octanol–water partition coefficient (Wildman–Crippen LogP) is 1.86. The molecule has 0 bridgehead atoms. The number of piperazine rings is 1. The number of aliphatic hydroxyl groups is 1. The monoisotopic (exact) mass is 284 g/mol. The Balaban J connectivity index is 1.67. The first-order valence-electron chi connectivity index (χ1n) is 7.29. The highest BCUT2D eigenvalue weighted by Crippen LogP contribution is 2.20. The summed E-state index contributed by atoms with van der Waals surface area (Å²) in [5.41, 5.74) is 0.909. The summed E-state index contributed by atoms with van der Waals surface area (Å²) in [6, 6.07) is 9.83. The molecule has 110 valence electrons. The smallest absolute Gasteiger partial charge is 0.128 e. The summed E-state index contributed by atoms with van der Waals surface area (Å²) >= 11 is 0. The maximum atomic E-state index is 9.67. The molecule has 21 heavy (non-hydrogen) atoms. The average molecular weight is 284 g/mol. The number of hydrogen-bond acceptors (Lipinski definition) is 5. The lowest BCUT2D eigenvalue weighted by molar-refractivity contribution is 0.199. The van der Waals surface area contributed by atoms with E-state index in [0.29, 0.717) is 0 Å². The van der Waals surface area contributed by atoms with Gasteiger partial charge in [0.1, 0.15) is 11.6 Å². The standard InChI is InChI=1S/C16H20N4O/c1-13(21)14-5-7-18-16(12-14)20-10-8-19(9-11-20)15-4-2-3-6-17-15/h2-7,12-13,21H,8-11H2,1H3. The first-order chi connectivity index (χ1) is 10.2. The van der Waals surface area contributed by atoms with Crippen LogP contribution in [0.1, 0.15) is 18.6 Å². The van der Waals surface area contributed by atoms with Crippen molar-refractivity contribution in [2.24, 2.45) is 0 Å². The van der Waals surface area contributed by atoms with E-state index in [1.54, 1.807) is 13.1 Å². The zero-order chi connectivity index (χ0) is 14.7. The van der Waals surface area contributed by atoms with Gasteiger partial charge in [0.05, 0.1) is 6.10 Å². The van der Waals surface area contributed by atoms with Crippen LogP contribution in [0.3, 0.4) is 0 Å². The van der Waals surface area contributed by atoms with Gasteiger partial charge in [0.25, 0.3) is 0 Å². The van der Waals surface area contributed by atoms with Crippen molar-refractivity contribution in [3.05, 3.63) is 48.3 Å². The number of rotatable bonds is 3. The molecule has 0 saturated carbocycles. The van der Waals surface area contributed by atoms with Gasteiger partial charge in [-0.3, -0.25) is 0 Å². The SMILES string of the molecule is CC(O)c1ccnc(N2CCN(c3ccccn3)CC2)c1. The molecule has 2 aromatic rings. The summed E-state index contributed by atoms with van der Waals surface area (Å²) in [7, 11) is 0. The highest BCUT2D eigenvalue weighted by Gasteiger charge is 2.19. The number of hydrogen-bond donors (Lipinski definition) is 1. The number of anilines is 2. The van der Waals surface area contributed by atoms with Crippen molar-refractivity contribution >= 4 is 11.6 Å². The van der Waals surface area contributed by atoms with Crippen molar-refractivity contribution in [1.82, 2.24) is 9.97 Å². The summed E-state index contributed by atoms with van der Waals surface area (Å²) in [5, 5.41) is 9.67. The number of pyridine rings is 2. The molecule has 1 unspecified atom stereocenters. The van der Waals surface area contributed by atoms with Crippen LogP contribution in [0.2, 0.25) is 0 Å². The normalized spacial score (nSPS) is 16.9. The zero-order valence-electron chi connectivity index (χ0n) is 12.2. The molecule has 1 N–H and O–H groups in total. The van der Waals surface area contributed by atoms with Crippen LogP contribution in [0.5, 0.6) is 0 Å². The maximum absolute atomic E-state index is 9.67. The van der Waals surface area contributed by atoms with Gasteiger partial charge in [0.15, 0.2) is 0 Å². The van der Waals surface area contributed by atoms with Crippen LogP contribution in [0.25, 0.3) is 0 Å². The van der Waals surface area contributed by atoms with Crippen molar-refractivity contribution in [2.45, 2.75) is 13.0 Å². The van der Waals surface area contributed by atoms with Crippen LogP contribution in [-0.4, -0.2) is 41.3 Å². The molecule has 1 aliphatic rings. The Morgan fingerprint density at radius 3 is 2.24 bits per heavy atom. The van der Waals surface area contributed by atoms with Gasteiger partial charge in [0, 0.05) is 38.6 Å². The first-order valence-corrected chi connectivity index (χ1v) is 7.29. The molecule has 5 nitrogen and oxygen atoms in total. The number of aromatic nitrogens is 2. The van der Waals surface area contributed by atoms with Crippen molar-refractivity contribution in [1.29, 1.82) is 0 Å². The van der Waals surface area contributed by atoms with Gasteiger partial charge in [0.2, 0.25) is 0 Å². The summed E-state index contributed by atoms with van der Waals surface area (Å²) in [6.45, 7) is 5.45. The van der Waals surface area contributed by atoms with Gasteiger partial charge < -0.3 is 14.9 Å². The maximum Gasteiger partial charge on any atom is 0.128 e. The van der Waals surface area contributed by atoms with Crippen LogP contribution in [0, 0.1) is 0 Å². The highest BCUT2D eigenvalue weighted by atomic mass is 16.3. The third kappa shape index (κ3) is 3.13. The Hall–Kier alpha value is -2.14. The van der Waals surface area contributed by atoms with Gasteiger partial charge in [-0.25, -0.2) is 9.97 Å². The largest absolute Gasteiger partial charge is 0.389 e. The summed E-state index contributed by atoms with van der Waals surface area (Å²) in [5.74, 6) is 1.97. The van der Waals surface area contributed by atoms with E-state index in [-0.39, 0.29) is 0 Å². The second-order valence-corrected chi connectivity index (χ2v) is 5.29. The van der Waals surface area contributed by atoms with E-state index < -0.39 is 6.10 Å². The van der Waals surface area contributed by atoms with Crippen LogP contribution >= 0.6 is 0 Å². The lowest BCUT2D eigenvalue weighted by Crippen LogP contribution is -2.47. The quantitative estimate of drug-likeness (QED) is 0.932. The molecule has 1 fully saturated rings. The molecule has 3 heterocycles. The van der Waals surface area contributed by atoms with Gasteiger partial charge in [-0.1, -0.05) is 6.07 Å². The van der Waals surface area contributed by atoms with Crippen LogP contribution in [0.15, 0.2) is 42.7 Å². The van der Waals surface area contributed by atoms with Gasteiger partial charge >= 0.3 is 0 Å². The fourth-order valence-corrected chi connectivity index (χ4v) is 2.57. The topological polar surface area (TPSA) is 52.5 Å². The van der Waals surface area contributed by atoms with Crippen LogP contribution in [0.4, 0.5) is 11.6 Å². The molecular weight excluding hydrogens is 264 g/mol. The minimum Gasteiger partial charge on any atom is -0.389 e. The minimum absolute atomic E-state index is 0.457.